The van der Waals surface area contributed by atoms with Gasteiger partial charge in [-0.05, 0) is 58.9 Å². The fourth-order valence-corrected chi connectivity index (χ4v) is 4.06. The minimum atomic E-state index is -1.67. The molecule has 4 rings (SSSR count). The van der Waals surface area contributed by atoms with Gasteiger partial charge in [-0.1, -0.05) is 60.6 Å². The molecule has 2 amide bonds. The Bertz CT molecular complexity index is 1570. The minimum absolute atomic E-state index is 0. The molecule has 0 aromatic heterocycles. The van der Waals surface area contributed by atoms with Gasteiger partial charge in [0.1, 0.15) is 24.2 Å². The topological polar surface area (TPSA) is 108 Å². The molecule has 4 aromatic carbocycles. The fourth-order valence-electron chi connectivity index (χ4n) is 4.06. The Labute approximate surface area is 335 Å². The predicted molar refractivity (Wildman–Crippen MR) is 181 cm³/mol. The predicted octanol–water partition coefficient (Wildman–Crippen LogP) is 6.15. The molecule has 8 nitrogen and oxygen atoms in total. The van der Waals surface area contributed by atoms with E-state index in [9.17, 15) is 19.8 Å². The molecule has 250 valence electrons. The number of aryl methyl sites for hydroxylation is 4. The van der Waals surface area contributed by atoms with Crippen LogP contribution in [0.3, 0.4) is 0 Å². The third-order valence-corrected chi connectivity index (χ3v) is 7.46. The maximum Gasteiger partial charge on any atom is 0.251 e. The summed E-state index contributed by atoms with van der Waals surface area (Å²) in [5.41, 5.74) is 2.18. The van der Waals surface area contributed by atoms with Crippen LogP contribution < -0.4 is 19.7 Å². The number of carbonyl (C=O) groups is 2. The number of nitrogens with zero attached hydrogens (tertiary/aromatic N) is 1. The molecule has 0 bridgehead atoms. The van der Waals surface area contributed by atoms with Crippen LogP contribution in [0.4, 0.5) is 11.4 Å². The van der Waals surface area contributed by atoms with Crippen molar-refractivity contribution < 1.29 is 94.7 Å². The van der Waals surface area contributed by atoms with Crippen LogP contribution in [0.2, 0.25) is 0 Å². The third kappa shape index (κ3) is 13.1. The smallest absolute Gasteiger partial charge is 0.251 e. The van der Waals surface area contributed by atoms with Gasteiger partial charge >= 0.3 is 0 Å². The summed E-state index contributed by atoms with van der Waals surface area (Å²) in [4.78, 5) is 26.3. The number of likely N-dealkylation sites (N-methyl/N-ethyl adjacent to an activating group) is 1. The SMILES string of the molecule is Cc1[c-]cc(N(C)C(=O)[C@@](C)(O)COc2ccc(C)cc2)cc1.Cc1[c-]cc(NC(=O)[C@@](C)(O)C(C)Oc2ccc(C)cc2)cc1.[Y].[Y]. The summed E-state index contributed by atoms with van der Waals surface area (Å²) in [6, 6.07) is 31.7. The Kier molecular flexibility index (Phi) is 17.8. The number of carbonyl (C=O) groups excluding carboxylic acids is 2. The van der Waals surface area contributed by atoms with Crippen molar-refractivity contribution in [1.29, 1.82) is 0 Å². The van der Waals surface area contributed by atoms with Gasteiger partial charge in [-0.25, -0.2) is 0 Å². The second-order valence-electron chi connectivity index (χ2n) is 11.9. The van der Waals surface area contributed by atoms with E-state index >= 15 is 0 Å². The molecule has 0 heterocycles. The van der Waals surface area contributed by atoms with E-state index in [0.717, 1.165) is 22.3 Å². The van der Waals surface area contributed by atoms with Crippen molar-refractivity contribution in [2.45, 2.75) is 65.8 Å². The molecular weight excluding hydrogens is 758 g/mol. The second-order valence-corrected chi connectivity index (χ2v) is 11.9. The Hall–Kier alpha value is -2.45. The zero-order valence-corrected chi connectivity index (χ0v) is 34.7. The molecular formula is C38H44N2O6Y2-2. The summed E-state index contributed by atoms with van der Waals surface area (Å²) in [5, 5.41) is 23.7. The molecule has 0 saturated carbocycles. The van der Waals surface area contributed by atoms with E-state index in [1.165, 1.54) is 18.7 Å². The molecule has 0 aliphatic heterocycles. The number of rotatable bonds is 10. The van der Waals surface area contributed by atoms with Crippen molar-refractivity contribution in [3.63, 3.8) is 0 Å². The zero-order chi connectivity index (χ0) is 34.1. The normalized spacial score (nSPS) is 13.4. The van der Waals surface area contributed by atoms with Crippen LogP contribution in [-0.4, -0.2) is 53.0 Å². The maximum absolute atomic E-state index is 12.5. The molecule has 4 aromatic rings. The van der Waals surface area contributed by atoms with Crippen LogP contribution in [0.1, 0.15) is 43.0 Å². The van der Waals surface area contributed by atoms with Gasteiger partial charge in [-0.2, -0.15) is 47.5 Å². The van der Waals surface area contributed by atoms with Crippen molar-refractivity contribution in [2.75, 3.05) is 23.9 Å². The number of hydrogen-bond acceptors (Lipinski definition) is 6. The van der Waals surface area contributed by atoms with E-state index in [1.54, 1.807) is 32.2 Å². The summed E-state index contributed by atoms with van der Waals surface area (Å²) < 4.78 is 11.2. The fraction of sp³-hybridized carbons (Fsp3) is 0.316. The molecule has 48 heavy (non-hydrogen) atoms. The van der Waals surface area contributed by atoms with Crippen molar-refractivity contribution in [1.82, 2.24) is 0 Å². The first kappa shape index (κ1) is 43.6. The summed E-state index contributed by atoms with van der Waals surface area (Å²) in [6.07, 6.45) is -0.709. The van der Waals surface area contributed by atoms with E-state index in [4.69, 9.17) is 9.47 Å². The first-order valence-corrected chi connectivity index (χ1v) is 15.0. The van der Waals surface area contributed by atoms with Crippen LogP contribution >= 0.6 is 0 Å². The molecule has 10 heteroatoms. The molecule has 3 N–H and O–H groups in total. The van der Waals surface area contributed by atoms with E-state index in [-0.39, 0.29) is 72.0 Å². The van der Waals surface area contributed by atoms with Crippen LogP contribution in [0.5, 0.6) is 11.5 Å². The Balaban J connectivity index is 0.000000461. The van der Waals surface area contributed by atoms with Gasteiger partial charge < -0.3 is 29.9 Å². The molecule has 0 saturated heterocycles. The van der Waals surface area contributed by atoms with Crippen LogP contribution in [0, 0.1) is 39.8 Å². The molecule has 0 fully saturated rings. The number of ether oxygens (including phenoxy) is 2. The Morgan fingerprint density at radius 2 is 1.29 bits per heavy atom. The number of amides is 2. The van der Waals surface area contributed by atoms with Gasteiger partial charge in [0.15, 0.2) is 11.2 Å². The monoisotopic (exact) mass is 802 g/mol. The quantitative estimate of drug-likeness (QED) is 0.166. The summed E-state index contributed by atoms with van der Waals surface area (Å²) in [6.45, 7) is 12.3. The summed E-state index contributed by atoms with van der Waals surface area (Å²) >= 11 is 0. The Morgan fingerprint density at radius 1 is 0.792 bits per heavy atom. The van der Waals surface area contributed by atoms with E-state index < -0.39 is 29.1 Å². The summed E-state index contributed by atoms with van der Waals surface area (Å²) in [5.74, 6) is 0.283. The van der Waals surface area contributed by atoms with Gasteiger partial charge in [0.05, 0.1) is 0 Å². The largest absolute Gasteiger partial charge is 0.490 e. The van der Waals surface area contributed by atoms with Gasteiger partial charge in [0.2, 0.25) is 5.91 Å². The van der Waals surface area contributed by atoms with Gasteiger partial charge in [-0.15, -0.1) is 12.1 Å². The van der Waals surface area contributed by atoms with Gasteiger partial charge in [0, 0.05) is 72.5 Å². The van der Waals surface area contributed by atoms with Crippen LogP contribution in [0.15, 0.2) is 84.9 Å². The van der Waals surface area contributed by atoms with E-state index in [0.29, 0.717) is 22.9 Å². The molecule has 2 radical (unpaired) electrons. The van der Waals surface area contributed by atoms with Gasteiger partial charge in [0.25, 0.3) is 5.91 Å². The number of anilines is 2. The average Bonchev–Trinajstić information content (AvgIpc) is 3.03. The maximum atomic E-state index is 12.5. The number of aliphatic hydroxyl groups is 2. The van der Waals surface area contributed by atoms with Crippen molar-refractivity contribution in [2.24, 2.45) is 0 Å². The van der Waals surface area contributed by atoms with Crippen LogP contribution in [0.25, 0.3) is 0 Å². The Morgan fingerprint density at radius 3 is 1.77 bits per heavy atom. The first-order chi connectivity index (χ1) is 21.6. The molecule has 1 unspecified atom stereocenters. The van der Waals surface area contributed by atoms with Gasteiger partial charge in [-0.3, -0.25) is 9.59 Å². The van der Waals surface area contributed by atoms with Crippen molar-refractivity contribution in [3.05, 3.63) is 119 Å². The molecule has 0 aliphatic rings. The second kappa shape index (κ2) is 19.7. The number of hydrogen-bond donors (Lipinski definition) is 3. The molecule has 0 aliphatic carbocycles. The minimum Gasteiger partial charge on any atom is -0.490 e. The molecule has 3 atom stereocenters. The first-order valence-electron chi connectivity index (χ1n) is 15.0. The van der Waals surface area contributed by atoms with E-state index in [1.807, 2.05) is 94.4 Å². The molecule has 0 spiro atoms. The number of benzene rings is 4. The third-order valence-electron chi connectivity index (χ3n) is 7.46. The summed E-state index contributed by atoms with van der Waals surface area (Å²) in [7, 11) is 1.63. The van der Waals surface area contributed by atoms with Crippen LogP contribution in [-0.2, 0) is 75.0 Å². The zero-order valence-electron chi connectivity index (χ0n) is 29.0. The number of nitrogens with one attached hydrogen (secondary N) is 1. The van der Waals surface area contributed by atoms with E-state index in [2.05, 4.69) is 17.4 Å². The van der Waals surface area contributed by atoms with Crippen molar-refractivity contribution in [3.8, 4) is 11.5 Å². The standard InChI is InChI=1S/2C19H22NO3.2Y/c1-14-5-9-16(10-6-14)20(4)18(21)19(3,22)13-23-17-11-7-15(2)8-12-17;1-13-5-9-16(10-6-13)20-18(21)19(4,22)15(3)23-17-11-7-14(2)8-12-17;;/h5,7-12,22H,13H2,1-4H3;5,7-12,15,22H,1-4H3,(H,20,21);;/q2*-1;;/t19-;15?,19-;;/m00../s1. The van der Waals surface area contributed by atoms with Crippen molar-refractivity contribution >= 4 is 23.2 Å². The average molecular weight is 803 g/mol.